The monoisotopic (exact) mass is 505 g/mol. The molecule has 0 saturated heterocycles. The first-order chi connectivity index (χ1) is 16.7. The molecule has 0 aromatic heterocycles. The van der Waals surface area contributed by atoms with Crippen LogP contribution < -0.4 is 10.6 Å². The molecule has 1 aliphatic carbocycles. The Morgan fingerprint density at radius 1 is 1.17 bits per heavy atom. The molecule has 180 valence electrons. The van der Waals surface area contributed by atoms with Crippen molar-refractivity contribution in [2.75, 3.05) is 11.1 Å². The van der Waals surface area contributed by atoms with Gasteiger partial charge in [-0.1, -0.05) is 68.4 Å². The number of hydrogen-bond acceptors (Lipinski definition) is 5. The van der Waals surface area contributed by atoms with Crippen LogP contribution in [0.25, 0.3) is 0 Å². The van der Waals surface area contributed by atoms with Gasteiger partial charge in [-0.05, 0) is 53.6 Å². The Labute approximate surface area is 215 Å². The van der Waals surface area contributed by atoms with E-state index in [2.05, 4.69) is 37.5 Å². The Morgan fingerprint density at radius 2 is 1.86 bits per heavy atom. The lowest BCUT2D eigenvalue weighted by Gasteiger charge is -2.39. The minimum atomic E-state index is -0.482. The van der Waals surface area contributed by atoms with Gasteiger partial charge in [-0.3, -0.25) is 9.59 Å². The molecule has 7 heteroatoms. The summed E-state index contributed by atoms with van der Waals surface area (Å²) in [5, 5.41) is 17.6. The highest BCUT2D eigenvalue weighted by Gasteiger charge is 2.41. The van der Waals surface area contributed by atoms with Gasteiger partial charge in [0, 0.05) is 28.4 Å². The van der Waals surface area contributed by atoms with E-state index in [1.54, 1.807) is 12.1 Å². The summed E-state index contributed by atoms with van der Waals surface area (Å²) in [6, 6.07) is 17.4. The normalized spacial score (nSPS) is 19.1. The number of nitrogens with one attached hydrogen (secondary N) is 2. The third-order valence-electron chi connectivity index (χ3n) is 6.32. The zero-order valence-electron chi connectivity index (χ0n) is 20.1. The van der Waals surface area contributed by atoms with Gasteiger partial charge in [0.2, 0.25) is 5.91 Å². The third-order valence-corrected chi connectivity index (χ3v) is 7.59. The number of nitriles is 1. The average molecular weight is 506 g/mol. The average Bonchev–Trinajstić information content (AvgIpc) is 2.82. The number of rotatable bonds is 6. The molecule has 0 spiro atoms. The van der Waals surface area contributed by atoms with E-state index in [1.807, 2.05) is 36.4 Å². The second-order valence-electron chi connectivity index (χ2n) is 9.68. The minimum absolute atomic E-state index is 0.0498. The van der Waals surface area contributed by atoms with Crippen LogP contribution >= 0.6 is 23.4 Å². The van der Waals surface area contributed by atoms with E-state index in [0.29, 0.717) is 34.0 Å². The number of aryl methyl sites for hydroxylation is 1. The number of carbonyl (C=O) groups is 2. The highest BCUT2D eigenvalue weighted by Crippen LogP contribution is 2.47. The summed E-state index contributed by atoms with van der Waals surface area (Å²) < 4.78 is 0. The van der Waals surface area contributed by atoms with Crippen molar-refractivity contribution in [2.24, 2.45) is 5.41 Å². The van der Waals surface area contributed by atoms with Gasteiger partial charge in [0.1, 0.15) is 0 Å². The Morgan fingerprint density at radius 3 is 2.49 bits per heavy atom. The number of hydrogen-bond donors (Lipinski definition) is 2. The summed E-state index contributed by atoms with van der Waals surface area (Å²) in [6.45, 7) is 6.23. The van der Waals surface area contributed by atoms with Crippen LogP contribution in [-0.4, -0.2) is 17.4 Å². The Hall–Kier alpha value is -3.01. The SMILES string of the molecule is CCc1ccc(NC(=O)CSC2=C(C#N)[C@H](c3ccc(Cl)cc3)C3=C(CC(C)(C)CC3=O)N2)cc1. The van der Waals surface area contributed by atoms with Crippen LogP contribution in [0.15, 0.2) is 70.4 Å². The number of anilines is 1. The number of ketones is 1. The molecule has 1 heterocycles. The van der Waals surface area contributed by atoms with Gasteiger partial charge < -0.3 is 10.6 Å². The van der Waals surface area contributed by atoms with Crippen molar-refractivity contribution in [1.29, 1.82) is 5.26 Å². The molecule has 0 unspecified atom stereocenters. The molecule has 35 heavy (non-hydrogen) atoms. The molecule has 2 N–H and O–H groups in total. The van der Waals surface area contributed by atoms with Gasteiger partial charge in [0.15, 0.2) is 5.78 Å². The van der Waals surface area contributed by atoms with Gasteiger partial charge in [-0.25, -0.2) is 0 Å². The van der Waals surface area contributed by atoms with Crippen LogP contribution in [0.2, 0.25) is 5.02 Å². The first-order valence-corrected chi connectivity index (χ1v) is 13.0. The van der Waals surface area contributed by atoms with Gasteiger partial charge >= 0.3 is 0 Å². The third kappa shape index (κ3) is 5.63. The molecule has 0 bridgehead atoms. The molecule has 0 radical (unpaired) electrons. The lowest BCUT2D eigenvalue weighted by atomic mass is 9.69. The largest absolute Gasteiger partial charge is 0.352 e. The van der Waals surface area contributed by atoms with Crippen LogP contribution in [0.4, 0.5) is 5.69 Å². The van der Waals surface area contributed by atoms with Gasteiger partial charge in [-0.15, -0.1) is 0 Å². The highest BCUT2D eigenvalue weighted by molar-refractivity contribution is 8.03. The fourth-order valence-electron chi connectivity index (χ4n) is 4.64. The Balaban J connectivity index is 1.61. The van der Waals surface area contributed by atoms with Crippen LogP contribution in [0.1, 0.15) is 50.7 Å². The maximum atomic E-state index is 13.3. The quantitative estimate of drug-likeness (QED) is 0.478. The van der Waals surface area contributed by atoms with Crippen LogP contribution in [0.5, 0.6) is 0 Å². The molecule has 2 aromatic rings. The molecular formula is C28H28ClN3O2S. The molecule has 1 amide bonds. The Kier molecular flexibility index (Phi) is 7.39. The van der Waals surface area contributed by atoms with Crippen LogP contribution in [-0.2, 0) is 16.0 Å². The van der Waals surface area contributed by atoms with Crippen molar-refractivity contribution < 1.29 is 9.59 Å². The number of carbonyl (C=O) groups excluding carboxylic acids is 2. The summed E-state index contributed by atoms with van der Waals surface area (Å²) >= 11 is 7.39. The summed E-state index contributed by atoms with van der Waals surface area (Å²) in [5.41, 5.74) is 4.53. The number of dihydropyridines is 1. The number of thioether (sulfide) groups is 1. The van der Waals surface area contributed by atoms with E-state index in [1.165, 1.54) is 17.3 Å². The van der Waals surface area contributed by atoms with Crippen LogP contribution in [0, 0.1) is 16.7 Å². The van der Waals surface area contributed by atoms with E-state index >= 15 is 0 Å². The summed E-state index contributed by atoms with van der Waals surface area (Å²) in [4.78, 5) is 25.9. The molecule has 5 nitrogen and oxygen atoms in total. The van der Waals surface area contributed by atoms with E-state index in [-0.39, 0.29) is 22.9 Å². The number of Topliss-reactive ketones (excluding diaryl/α,β-unsaturated/α-hetero) is 1. The smallest absolute Gasteiger partial charge is 0.234 e. The fourth-order valence-corrected chi connectivity index (χ4v) is 5.63. The van der Waals surface area contributed by atoms with Crippen molar-refractivity contribution in [3.05, 3.63) is 86.6 Å². The van der Waals surface area contributed by atoms with Crippen molar-refractivity contribution in [1.82, 2.24) is 5.32 Å². The highest BCUT2D eigenvalue weighted by atomic mass is 35.5. The topological polar surface area (TPSA) is 82.0 Å². The van der Waals surface area contributed by atoms with Crippen molar-refractivity contribution in [2.45, 2.75) is 46.0 Å². The summed E-state index contributed by atoms with van der Waals surface area (Å²) in [5.74, 6) is -0.456. The molecule has 1 aliphatic heterocycles. The zero-order chi connectivity index (χ0) is 25.2. The van der Waals surface area contributed by atoms with Crippen molar-refractivity contribution in [3.63, 3.8) is 0 Å². The molecule has 1 atom stereocenters. The molecule has 2 aliphatic rings. The van der Waals surface area contributed by atoms with Crippen molar-refractivity contribution >= 4 is 40.7 Å². The number of benzene rings is 2. The first kappa shape index (κ1) is 25.1. The molecule has 2 aromatic carbocycles. The summed E-state index contributed by atoms with van der Waals surface area (Å²) in [7, 11) is 0. The number of nitrogens with zero attached hydrogens (tertiary/aromatic N) is 1. The minimum Gasteiger partial charge on any atom is -0.352 e. The number of halogens is 1. The van der Waals surface area contributed by atoms with E-state index in [0.717, 1.165) is 23.4 Å². The molecular weight excluding hydrogens is 478 g/mol. The lowest BCUT2D eigenvalue weighted by molar-refractivity contribution is -0.118. The lowest BCUT2D eigenvalue weighted by Crippen LogP contribution is -2.37. The number of allylic oxidation sites excluding steroid dienone is 3. The second-order valence-corrected chi connectivity index (χ2v) is 11.1. The van der Waals surface area contributed by atoms with E-state index in [4.69, 9.17) is 11.6 Å². The molecule has 4 rings (SSSR count). The predicted molar refractivity (Wildman–Crippen MR) is 142 cm³/mol. The maximum Gasteiger partial charge on any atom is 0.234 e. The fraction of sp³-hybridized carbons (Fsp3) is 0.321. The standard InChI is InChI=1S/C28H28ClN3O2S/c1-4-17-5-11-20(12-6-17)31-24(34)16-35-27-21(15-30)25(18-7-9-19(29)10-8-18)26-22(32-27)13-28(2,3)14-23(26)33/h5-12,25,32H,4,13-14,16H2,1-3H3,(H,31,34)/t25-/m0/s1. The molecule has 0 saturated carbocycles. The van der Waals surface area contributed by atoms with Gasteiger partial charge in [0.05, 0.1) is 28.3 Å². The van der Waals surface area contributed by atoms with Gasteiger partial charge in [0.25, 0.3) is 0 Å². The van der Waals surface area contributed by atoms with Gasteiger partial charge in [-0.2, -0.15) is 5.26 Å². The maximum absolute atomic E-state index is 13.3. The Bertz CT molecular complexity index is 1250. The van der Waals surface area contributed by atoms with E-state index in [9.17, 15) is 14.9 Å². The predicted octanol–water partition coefficient (Wildman–Crippen LogP) is 6.34. The number of amides is 1. The first-order valence-electron chi connectivity index (χ1n) is 11.7. The summed E-state index contributed by atoms with van der Waals surface area (Å²) in [6.07, 6.45) is 2.06. The molecule has 0 fully saturated rings. The van der Waals surface area contributed by atoms with Crippen molar-refractivity contribution in [3.8, 4) is 6.07 Å². The second kappa shape index (κ2) is 10.3. The zero-order valence-corrected chi connectivity index (χ0v) is 21.6. The van der Waals surface area contributed by atoms with E-state index < -0.39 is 5.92 Å². The van der Waals surface area contributed by atoms with Crippen LogP contribution in [0.3, 0.4) is 0 Å².